The molecule has 0 radical (unpaired) electrons. The lowest BCUT2D eigenvalue weighted by atomic mass is 10.2. The van der Waals surface area contributed by atoms with E-state index >= 15 is 0 Å². The average molecular weight is 421 g/mol. The van der Waals surface area contributed by atoms with Crippen molar-refractivity contribution in [3.8, 4) is 5.75 Å². The van der Waals surface area contributed by atoms with Crippen LogP contribution in [-0.4, -0.2) is 61.3 Å². The molecule has 0 unspecified atom stereocenters. The van der Waals surface area contributed by atoms with E-state index in [0.29, 0.717) is 37.6 Å². The standard InChI is InChI=1S/C20H22F3N5O2/c1-13-15(25-14-2-3-16-17(10-14)30-11-19(29)26-16)4-5-18(24-13)28-8-6-27(7-9-28)12-20(21,22)23/h2-5,10,25H,6-9,11-12H2,1H3,(H,26,29). The molecule has 7 nitrogen and oxygen atoms in total. The summed E-state index contributed by atoms with van der Waals surface area (Å²) >= 11 is 0. The van der Waals surface area contributed by atoms with Crippen molar-refractivity contribution in [2.45, 2.75) is 13.1 Å². The molecule has 1 fully saturated rings. The minimum Gasteiger partial charge on any atom is -0.482 e. The van der Waals surface area contributed by atoms with Gasteiger partial charge in [0.25, 0.3) is 5.91 Å². The Kier molecular flexibility index (Phi) is 5.42. The summed E-state index contributed by atoms with van der Waals surface area (Å²) in [6.07, 6.45) is -4.17. The predicted molar refractivity (Wildman–Crippen MR) is 108 cm³/mol. The summed E-state index contributed by atoms with van der Waals surface area (Å²) in [6, 6.07) is 9.18. The third-order valence-electron chi connectivity index (χ3n) is 5.06. The van der Waals surface area contributed by atoms with Gasteiger partial charge in [-0.1, -0.05) is 0 Å². The van der Waals surface area contributed by atoms with Crippen molar-refractivity contribution in [2.75, 3.05) is 54.9 Å². The Balaban J connectivity index is 1.40. The molecule has 2 N–H and O–H groups in total. The van der Waals surface area contributed by atoms with Crippen LogP contribution in [0.2, 0.25) is 0 Å². The smallest absolute Gasteiger partial charge is 0.401 e. The first-order valence-electron chi connectivity index (χ1n) is 9.62. The molecule has 30 heavy (non-hydrogen) atoms. The van der Waals surface area contributed by atoms with E-state index in [1.807, 2.05) is 36.1 Å². The molecule has 1 amide bonds. The number of aromatic nitrogens is 1. The molecule has 160 valence electrons. The van der Waals surface area contributed by atoms with Crippen LogP contribution >= 0.6 is 0 Å². The SMILES string of the molecule is Cc1nc(N2CCN(CC(F)(F)F)CC2)ccc1Nc1ccc2c(c1)OCC(=O)N2. The van der Waals surface area contributed by atoms with Crippen LogP contribution in [0.3, 0.4) is 0 Å². The van der Waals surface area contributed by atoms with Gasteiger partial charge in [-0.05, 0) is 31.2 Å². The highest BCUT2D eigenvalue weighted by atomic mass is 19.4. The second kappa shape index (κ2) is 8.02. The summed E-state index contributed by atoms with van der Waals surface area (Å²) < 4.78 is 43.1. The van der Waals surface area contributed by atoms with E-state index < -0.39 is 12.7 Å². The number of fused-ring (bicyclic) bond motifs is 1. The fourth-order valence-electron chi connectivity index (χ4n) is 3.55. The number of nitrogens with zero attached hydrogens (tertiary/aromatic N) is 3. The van der Waals surface area contributed by atoms with Crippen LogP contribution in [0.25, 0.3) is 0 Å². The average Bonchev–Trinajstić information content (AvgIpc) is 2.69. The number of halogens is 3. The highest BCUT2D eigenvalue weighted by molar-refractivity contribution is 5.95. The molecule has 0 aliphatic carbocycles. The lowest BCUT2D eigenvalue weighted by molar-refractivity contribution is -0.146. The number of benzene rings is 1. The lowest BCUT2D eigenvalue weighted by Crippen LogP contribution is -2.49. The lowest BCUT2D eigenvalue weighted by Gasteiger charge is -2.35. The molecular formula is C20H22F3N5O2. The first-order valence-corrected chi connectivity index (χ1v) is 9.62. The molecule has 0 saturated carbocycles. The number of carbonyl (C=O) groups is 1. The molecule has 0 spiro atoms. The summed E-state index contributed by atoms with van der Waals surface area (Å²) in [7, 11) is 0. The van der Waals surface area contributed by atoms with Crippen molar-refractivity contribution < 1.29 is 22.7 Å². The van der Waals surface area contributed by atoms with Crippen molar-refractivity contribution in [3.63, 3.8) is 0 Å². The zero-order chi connectivity index (χ0) is 21.3. The topological polar surface area (TPSA) is 69.7 Å². The first kappa shape index (κ1) is 20.3. The van der Waals surface area contributed by atoms with Crippen LogP contribution in [0.15, 0.2) is 30.3 Å². The number of amides is 1. The summed E-state index contributed by atoms with van der Waals surface area (Å²) in [5.41, 5.74) is 3.02. The van der Waals surface area contributed by atoms with Crippen molar-refractivity contribution in [2.24, 2.45) is 0 Å². The Labute approximate surface area is 171 Å². The van der Waals surface area contributed by atoms with Gasteiger partial charge >= 0.3 is 6.18 Å². The van der Waals surface area contributed by atoms with Crippen LogP contribution in [0.4, 0.5) is 36.1 Å². The third-order valence-corrected chi connectivity index (χ3v) is 5.06. The number of hydrogen-bond donors (Lipinski definition) is 2. The maximum absolute atomic E-state index is 12.5. The maximum Gasteiger partial charge on any atom is 0.401 e. The van der Waals surface area contributed by atoms with Crippen molar-refractivity contribution in [1.82, 2.24) is 9.88 Å². The Morgan fingerprint density at radius 1 is 1.17 bits per heavy atom. The van der Waals surface area contributed by atoms with Crippen LogP contribution in [0.1, 0.15) is 5.69 Å². The number of rotatable bonds is 4. The summed E-state index contributed by atoms with van der Waals surface area (Å²) in [5, 5.41) is 6.04. The fourth-order valence-corrected chi connectivity index (χ4v) is 3.55. The molecule has 2 aliphatic rings. The molecule has 3 heterocycles. The number of pyridine rings is 1. The molecule has 2 aromatic rings. The van der Waals surface area contributed by atoms with Crippen LogP contribution in [0, 0.1) is 6.92 Å². The quantitative estimate of drug-likeness (QED) is 0.791. The van der Waals surface area contributed by atoms with E-state index in [4.69, 9.17) is 4.74 Å². The third kappa shape index (κ3) is 4.76. The van der Waals surface area contributed by atoms with Gasteiger partial charge in [0.15, 0.2) is 6.61 Å². The molecule has 10 heteroatoms. The molecule has 1 aromatic heterocycles. The van der Waals surface area contributed by atoms with Gasteiger partial charge in [0.2, 0.25) is 0 Å². The van der Waals surface area contributed by atoms with Crippen LogP contribution < -0.4 is 20.3 Å². The second-order valence-corrected chi connectivity index (χ2v) is 7.35. The minimum atomic E-state index is -4.17. The molecule has 1 saturated heterocycles. The van der Waals surface area contributed by atoms with Gasteiger partial charge in [-0.2, -0.15) is 13.2 Å². The maximum atomic E-state index is 12.5. The number of anilines is 4. The second-order valence-electron chi connectivity index (χ2n) is 7.35. The van der Waals surface area contributed by atoms with Gasteiger partial charge in [0.05, 0.1) is 23.6 Å². The summed E-state index contributed by atoms with van der Waals surface area (Å²) in [4.78, 5) is 19.4. The number of piperazine rings is 1. The number of ether oxygens (including phenoxy) is 1. The molecular weight excluding hydrogens is 399 g/mol. The fraction of sp³-hybridized carbons (Fsp3) is 0.400. The number of aryl methyl sites for hydroxylation is 1. The Bertz CT molecular complexity index is 943. The molecule has 2 aliphatic heterocycles. The normalized spacial score (nSPS) is 17.2. The zero-order valence-electron chi connectivity index (χ0n) is 16.4. The number of carbonyl (C=O) groups excluding carboxylic acids is 1. The summed E-state index contributed by atoms with van der Waals surface area (Å²) in [5.74, 6) is 1.16. The van der Waals surface area contributed by atoms with Gasteiger partial charge in [-0.15, -0.1) is 0 Å². The van der Waals surface area contributed by atoms with E-state index in [9.17, 15) is 18.0 Å². The van der Waals surface area contributed by atoms with E-state index in [0.717, 1.165) is 22.9 Å². The van der Waals surface area contributed by atoms with E-state index in [-0.39, 0.29) is 12.5 Å². The highest BCUT2D eigenvalue weighted by Crippen LogP contribution is 2.32. The Hall–Kier alpha value is -3.01. The molecule has 0 bridgehead atoms. The van der Waals surface area contributed by atoms with Gasteiger partial charge in [0.1, 0.15) is 11.6 Å². The van der Waals surface area contributed by atoms with E-state index in [1.54, 1.807) is 6.07 Å². The van der Waals surface area contributed by atoms with Crippen molar-refractivity contribution in [1.29, 1.82) is 0 Å². The predicted octanol–water partition coefficient (Wildman–Crippen LogP) is 3.15. The monoisotopic (exact) mass is 421 g/mol. The number of alkyl halides is 3. The van der Waals surface area contributed by atoms with Crippen molar-refractivity contribution in [3.05, 3.63) is 36.0 Å². The number of nitrogens with one attached hydrogen (secondary N) is 2. The number of hydrogen-bond acceptors (Lipinski definition) is 6. The molecule has 0 atom stereocenters. The highest BCUT2D eigenvalue weighted by Gasteiger charge is 2.32. The largest absolute Gasteiger partial charge is 0.482 e. The van der Waals surface area contributed by atoms with Gasteiger partial charge in [-0.3, -0.25) is 9.69 Å². The summed E-state index contributed by atoms with van der Waals surface area (Å²) in [6.45, 7) is 2.71. The van der Waals surface area contributed by atoms with Crippen molar-refractivity contribution >= 4 is 28.8 Å². The minimum absolute atomic E-state index is 0.0119. The van der Waals surface area contributed by atoms with Gasteiger partial charge in [0, 0.05) is 37.9 Å². The van der Waals surface area contributed by atoms with Gasteiger partial charge < -0.3 is 20.3 Å². The Morgan fingerprint density at radius 3 is 2.63 bits per heavy atom. The van der Waals surface area contributed by atoms with E-state index in [1.165, 1.54) is 4.90 Å². The van der Waals surface area contributed by atoms with E-state index in [2.05, 4.69) is 15.6 Å². The molecule has 1 aromatic carbocycles. The van der Waals surface area contributed by atoms with Crippen LogP contribution in [-0.2, 0) is 4.79 Å². The first-order chi connectivity index (χ1) is 14.3. The molecule has 4 rings (SSSR count). The zero-order valence-corrected chi connectivity index (χ0v) is 16.4. The van der Waals surface area contributed by atoms with Gasteiger partial charge in [-0.25, -0.2) is 4.98 Å². The Morgan fingerprint density at radius 2 is 1.93 bits per heavy atom. The van der Waals surface area contributed by atoms with Crippen LogP contribution in [0.5, 0.6) is 5.75 Å².